The van der Waals surface area contributed by atoms with Gasteiger partial charge in [0.1, 0.15) is 0 Å². The van der Waals surface area contributed by atoms with Gasteiger partial charge in [-0.2, -0.15) is 0 Å². The third-order valence-electron chi connectivity index (χ3n) is 4.01. The second-order valence-electron chi connectivity index (χ2n) is 6.19. The zero-order chi connectivity index (χ0) is 18.4. The van der Waals surface area contributed by atoms with Crippen molar-refractivity contribution >= 4 is 28.2 Å². The van der Waals surface area contributed by atoms with Crippen LogP contribution in [0.25, 0.3) is 10.9 Å². The Balaban J connectivity index is 1.51. The highest BCUT2D eigenvalue weighted by atomic mass is 16.1. The number of carbonyl (C=O) groups excluding carboxylic acids is 1. The van der Waals surface area contributed by atoms with Gasteiger partial charge in [-0.05, 0) is 42.8 Å². The van der Waals surface area contributed by atoms with Crippen molar-refractivity contribution < 1.29 is 4.79 Å². The molecule has 0 unspecified atom stereocenters. The van der Waals surface area contributed by atoms with Crippen LogP contribution in [0.3, 0.4) is 0 Å². The molecule has 6 nitrogen and oxygen atoms in total. The van der Waals surface area contributed by atoms with E-state index >= 15 is 0 Å². The Hall–Kier alpha value is -2.99. The average Bonchev–Trinajstić information content (AvgIpc) is 2.62. The van der Waals surface area contributed by atoms with Crippen LogP contribution in [-0.2, 0) is 11.3 Å². The molecule has 26 heavy (non-hydrogen) atoms. The SMILES string of the molecule is CC(=O)Nc1ccc2nc(CNCCNc3ccncc3C)ccc2c1. The van der Waals surface area contributed by atoms with Crippen LogP contribution in [0.1, 0.15) is 18.2 Å². The van der Waals surface area contributed by atoms with Crippen molar-refractivity contribution in [2.24, 2.45) is 0 Å². The highest BCUT2D eigenvalue weighted by Gasteiger charge is 2.02. The molecule has 1 amide bonds. The van der Waals surface area contributed by atoms with E-state index in [0.29, 0.717) is 6.54 Å². The molecule has 1 aromatic carbocycles. The van der Waals surface area contributed by atoms with E-state index in [4.69, 9.17) is 0 Å². The molecule has 0 saturated heterocycles. The Morgan fingerprint density at radius 2 is 2.00 bits per heavy atom. The smallest absolute Gasteiger partial charge is 0.221 e. The van der Waals surface area contributed by atoms with Gasteiger partial charge >= 0.3 is 0 Å². The van der Waals surface area contributed by atoms with Crippen LogP contribution in [0.2, 0.25) is 0 Å². The molecule has 2 heterocycles. The number of rotatable bonds is 7. The lowest BCUT2D eigenvalue weighted by atomic mass is 10.2. The van der Waals surface area contributed by atoms with Crippen LogP contribution >= 0.6 is 0 Å². The molecule has 0 radical (unpaired) electrons. The van der Waals surface area contributed by atoms with Crippen molar-refractivity contribution in [1.82, 2.24) is 15.3 Å². The van der Waals surface area contributed by atoms with Crippen molar-refractivity contribution in [1.29, 1.82) is 0 Å². The van der Waals surface area contributed by atoms with E-state index in [0.717, 1.165) is 46.6 Å². The normalized spacial score (nSPS) is 10.7. The Bertz CT molecular complexity index is 910. The molecule has 0 atom stereocenters. The fourth-order valence-electron chi connectivity index (χ4n) is 2.72. The number of anilines is 2. The van der Waals surface area contributed by atoms with E-state index in [2.05, 4.69) is 25.9 Å². The Morgan fingerprint density at radius 3 is 2.81 bits per heavy atom. The maximum absolute atomic E-state index is 11.1. The average molecular weight is 349 g/mol. The predicted octanol–water partition coefficient (Wildman–Crippen LogP) is 3.10. The summed E-state index contributed by atoms with van der Waals surface area (Å²) in [5.41, 5.74) is 4.95. The van der Waals surface area contributed by atoms with Gasteiger partial charge in [0.05, 0.1) is 11.2 Å². The van der Waals surface area contributed by atoms with Crippen molar-refractivity contribution in [2.45, 2.75) is 20.4 Å². The lowest BCUT2D eigenvalue weighted by Gasteiger charge is -2.10. The number of aryl methyl sites for hydroxylation is 1. The summed E-state index contributed by atoms with van der Waals surface area (Å²) >= 11 is 0. The highest BCUT2D eigenvalue weighted by molar-refractivity contribution is 5.92. The standard InChI is InChI=1S/C20H23N5O/c1-14-12-21-8-7-19(14)23-10-9-22-13-18-4-3-16-11-17(24-15(2)26)5-6-20(16)25-18/h3-8,11-12,22H,9-10,13H2,1-2H3,(H,21,23)(H,24,26). The summed E-state index contributed by atoms with van der Waals surface area (Å²) < 4.78 is 0. The third kappa shape index (κ3) is 4.77. The molecule has 0 aliphatic carbocycles. The number of nitrogens with zero attached hydrogens (tertiary/aromatic N) is 2. The molecule has 0 saturated carbocycles. The molecular formula is C20H23N5O. The molecule has 3 N–H and O–H groups in total. The van der Waals surface area contributed by atoms with Gasteiger partial charge < -0.3 is 16.0 Å². The van der Waals surface area contributed by atoms with E-state index in [1.807, 2.05) is 49.5 Å². The molecule has 6 heteroatoms. The molecule has 0 bridgehead atoms. The number of carbonyl (C=O) groups is 1. The quantitative estimate of drug-likeness (QED) is 0.571. The number of amides is 1. The second kappa shape index (κ2) is 8.40. The molecule has 0 fully saturated rings. The van der Waals surface area contributed by atoms with E-state index in [-0.39, 0.29) is 5.91 Å². The molecule has 0 aliphatic rings. The molecule has 2 aromatic heterocycles. The van der Waals surface area contributed by atoms with Crippen LogP contribution in [0.5, 0.6) is 0 Å². The van der Waals surface area contributed by atoms with Gasteiger partial charge in [0.15, 0.2) is 0 Å². The maximum atomic E-state index is 11.1. The van der Waals surface area contributed by atoms with Gasteiger partial charge in [-0.15, -0.1) is 0 Å². The second-order valence-corrected chi connectivity index (χ2v) is 6.19. The van der Waals surface area contributed by atoms with Gasteiger partial charge in [-0.1, -0.05) is 6.07 Å². The summed E-state index contributed by atoms with van der Waals surface area (Å²) in [4.78, 5) is 19.9. The Labute approximate surface area is 153 Å². The molecule has 0 spiro atoms. The number of hydrogen-bond donors (Lipinski definition) is 3. The topological polar surface area (TPSA) is 78.9 Å². The number of hydrogen-bond acceptors (Lipinski definition) is 5. The minimum Gasteiger partial charge on any atom is -0.383 e. The first kappa shape index (κ1) is 17.8. The van der Waals surface area contributed by atoms with Crippen LogP contribution in [0, 0.1) is 6.92 Å². The van der Waals surface area contributed by atoms with Gasteiger partial charge in [0.25, 0.3) is 0 Å². The summed E-state index contributed by atoms with van der Waals surface area (Å²) in [6.07, 6.45) is 3.64. The first-order chi connectivity index (χ1) is 12.6. The molecule has 3 aromatic rings. The fraction of sp³-hybridized carbons (Fsp3) is 0.250. The number of aromatic nitrogens is 2. The van der Waals surface area contributed by atoms with Crippen molar-refractivity contribution in [2.75, 3.05) is 23.7 Å². The van der Waals surface area contributed by atoms with Crippen LogP contribution in [0.4, 0.5) is 11.4 Å². The summed E-state index contributed by atoms with van der Waals surface area (Å²) in [6, 6.07) is 11.8. The first-order valence-electron chi connectivity index (χ1n) is 8.64. The van der Waals surface area contributed by atoms with E-state index in [9.17, 15) is 4.79 Å². The van der Waals surface area contributed by atoms with Crippen LogP contribution in [-0.4, -0.2) is 29.0 Å². The molecular weight excluding hydrogens is 326 g/mol. The van der Waals surface area contributed by atoms with Gasteiger partial charge in [-0.3, -0.25) is 14.8 Å². The van der Waals surface area contributed by atoms with Crippen molar-refractivity contribution in [3.63, 3.8) is 0 Å². The third-order valence-corrected chi connectivity index (χ3v) is 4.01. The number of nitrogens with one attached hydrogen (secondary N) is 3. The number of fused-ring (bicyclic) bond motifs is 1. The monoisotopic (exact) mass is 349 g/mol. The number of benzene rings is 1. The van der Waals surface area contributed by atoms with Crippen molar-refractivity contribution in [3.8, 4) is 0 Å². The summed E-state index contributed by atoms with van der Waals surface area (Å²) in [7, 11) is 0. The fourth-order valence-corrected chi connectivity index (χ4v) is 2.72. The van der Waals surface area contributed by atoms with E-state index < -0.39 is 0 Å². The summed E-state index contributed by atoms with van der Waals surface area (Å²) in [5, 5.41) is 10.6. The Morgan fingerprint density at radius 1 is 1.12 bits per heavy atom. The summed E-state index contributed by atoms with van der Waals surface area (Å²) in [6.45, 7) is 5.92. The summed E-state index contributed by atoms with van der Waals surface area (Å²) in [5.74, 6) is -0.0753. The van der Waals surface area contributed by atoms with Gasteiger partial charge in [-0.25, -0.2) is 0 Å². The minimum atomic E-state index is -0.0753. The zero-order valence-corrected chi connectivity index (χ0v) is 15.0. The molecule has 0 aliphatic heterocycles. The Kier molecular flexibility index (Phi) is 5.76. The number of pyridine rings is 2. The first-order valence-corrected chi connectivity index (χ1v) is 8.64. The molecule has 134 valence electrons. The van der Waals surface area contributed by atoms with E-state index in [1.54, 1.807) is 6.20 Å². The van der Waals surface area contributed by atoms with E-state index in [1.165, 1.54) is 6.92 Å². The van der Waals surface area contributed by atoms with Crippen LogP contribution in [0.15, 0.2) is 48.8 Å². The lowest BCUT2D eigenvalue weighted by molar-refractivity contribution is -0.114. The van der Waals surface area contributed by atoms with Crippen LogP contribution < -0.4 is 16.0 Å². The van der Waals surface area contributed by atoms with Crippen molar-refractivity contribution in [3.05, 3.63) is 60.0 Å². The van der Waals surface area contributed by atoms with Gasteiger partial charge in [0, 0.05) is 55.7 Å². The van der Waals surface area contributed by atoms with Gasteiger partial charge in [0.2, 0.25) is 5.91 Å². The zero-order valence-electron chi connectivity index (χ0n) is 15.0. The lowest BCUT2D eigenvalue weighted by Crippen LogP contribution is -2.22. The highest BCUT2D eigenvalue weighted by Crippen LogP contribution is 2.18. The predicted molar refractivity (Wildman–Crippen MR) is 105 cm³/mol. The molecule has 3 rings (SSSR count). The minimum absolute atomic E-state index is 0.0753. The largest absolute Gasteiger partial charge is 0.383 e. The maximum Gasteiger partial charge on any atom is 0.221 e.